The molecule has 104 valence electrons. The molecule has 19 heavy (non-hydrogen) atoms. The molecule has 1 atom stereocenters. The molecule has 1 rings (SSSR count). The average molecular weight is 265 g/mol. The number of carboxylic acids is 1. The van der Waals surface area contributed by atoms with E-state index >= 15 is 0 Å². The van der Waals surface area contributed by atoms with E-state index in [4.69, 9.17) is 5.11 Å². The molecule has 1 aromatic heterocycles. The zero-order valence-electron chi connectivity index (χ0n) is 11.3. The normalized spacial score (nSPS) is 12.0. The summed E-state index contributed by atoms with van der Waals surface area (Å²) in [5, 5.41) is 14.0. The number of urea groups is 1. The fourth-order valence-electron chi connectivity index (χ4n) is 1.49. The number of rotatable bonds is 5. The summed E-state index contributed by atoms with van der Waals surface area (Å²) in [6, 6.07) is 2.32. The standard InChI is InChI=1S/C13H19N3O3/c1-8(2)11(12(17)18)16-13(19)15-7-10-5-4-9(3)14-6-10/h4-6,8,11H,7H2,1-3H3,(H,17,18)(H2,15,16,19)/t11-/m0/s1. The van der Waals surface area contributed by atoms with Gasteiger partial charge in [-0.3, -0.25) is 4.98 Å². The number of hydrogen-bond acceptors (Lipinski definition) is 3. The highest BCUT2D eigenvalue weighted by Crippen LogP contribution is 2.02. The second-order valence-electron chi connectivity index (χ2n) is 4.69. The molecule has 0 fully saturated rings. The van der Waals surface area contributed by atoms with Gasteiger partial charge in [-0.15, -0.1) is 0 Å². The first-order valence-electron chi connectivity index (χ1n) is 6.09. The topological polar surface area (TPSA) is 91.3 Å². The highest BCUT2D eigenvalue weighted by molar-refractivity contribution is 5.82. The SMILES string of the molecule is Cc1ccc(CNC(=O)N[C@H](C(=O)O)C(C)C)cn1. The van der Waals surface area contributed by atoms with Gasteiger partial charge in [-0.2, -0.15) is 0 Å². The second-order valence-corrected chi connectivity index (χ2v) is 4.69. The molecule has 0 radical (unpaired) electrons. The highest BCUT2D eigenvalue weighted by atomic mass is 16.4. The Morgan fingerprint density at radius 1 is 1.37 bits per heavy atom. The first-order valence-corrected chi connectivity index (χ1v) is 6.09. The van der Waals surface area contributed by atoms with Gasteiger partial charge in [0.1, 0.15) is 6.04 Å². The maximum Gasteiger partial charge on any atom is 0.326 e. The van der Waals surface area contributed by atoms with Gasteiger partial charge >= 0.3 is 12.0 Å². The van der Waals surface area contributed by atoms with Crippen molar-refractivity contribution in [3.63, 3.8) is 0 Å². The predicted molar refractivity (Wildman–Crippen MR) is 70.6 cm³/mol. The molecule has 2 amide bonds. The molecule has 6 heteroatoms. The lowest BCUT2D eigenvalue weighted by atomic mass is 10.1. The summed E-state index contributed by atoms with van der Waals surface area (Å²) in [4.78, 5) is 26.6. The van der Waals surface area contributed by atoms with Crippen LogP contribution in [0.4, 0.5) is 4.79 Å². The lowest BCUT2D eigenvalue weighted by Gasteiger charge is -2.18. The molecular formula is C13H19N3O3. The van der Waals surface area contributed by atoms with Crippen molar-refractivity contribution in [1.82, 2.24) is 15.6 Å². The van der Waals surface area contributed by atoms with Gasteiger partial charge in [0.15, 0.2) is 0 Å². The number of aromatic nitrogens is 1. The summed E-state index contributed by atoms with van der Waals surface area (Å²) >= 11 is 0. The van der Waals surface area contributed by atoms with E-state index in [1.165, 1.54) is 0 Å². The number of carboxylic acid groups (broad SMARTS) is 1. The summed E-state index contributed by atoms with van der Waals surface area (Å²) in [5.74, 6) is -1.22. The Labute approximate surface area is 112 Å². The van der Waals surface area contributed by atoms with Crippen molar-refractivity contribution in [2.45, 2.75) is 33.4 Å². The van der Waals surface area contributed by atoms with Crippen LogP contribution < -0.4 is 10.6 Å². The Hall–Kier alpha value is -2.11. The lowest BCUT2D eigenvalue weighted by molar-refractivity contribution is -0.140. The minimum absolute atomic E-state index is 0.177. The van der Waals surface area contributed by atoms with Crippen LogP contribution >= 0.6 is 0 Å². The van der Waals surface area contributed by atoms with E-state index in [9.17, 15) is 9.59 Å². The minimum Gasteiger partial charge on any atom is -0.480 e. The van der Waals surface area contributed by atoms with E-state index in [2.05, 4.69) is 15.6 Å². The number of hydrogen-bond donors (Lipinski definition) is 3. The smallest absolute Gasteiger partial charge is 0.326 e. The zero-order chi connectivity index (χ0) is 14.4. The van der Waals surface area contributed by atoms with Crippen LogP contribution in [0.5, 0.6) is 0 Å². The molecule has 0 saturated carbocycles. The minimum atomic E-state index is -1.04. The van der Waals surface area contributed by atoms with Gasteiger partial charge in [0.05, 0.1) is 0 Å². The van der Waals surface area contributed by atoms with Gasteiger partial charge in [0.2, 0.25) is 0 Å². The lowest BCUT2D eigenvalue weighted by Crippen LogP contribution is -2.48. The van der Waals surface area contributed by atoms with E-state index in [1.807, 2.05) is 19.1 Å². The first-order chi connectivity index (χ1) is 8.90. The van der Waals surface area contributed by atoms with E-state index in [0.717, 1.165) is 11.3 Å². The molecule has 0 bridgehead atoms. The third-order valence-corrected chi connectivity index (χ3v) is 2.65. The molecule has 0 spiro atoms. The summed E-state index contributed by atoms with van der Waals surface area (Å²) in [6.45, 7) is 5.67. The van der Waals surface area contributed by atoms with Crippen LogP contribution in [0, 0.1) is 12.8 Å². The quantitative estimate of drug-likeness (QED) is 0.748. The molecule has 0 aromatic carbocycles. The summed E-state index contributed by atoms with van der Waals surface area (Å²) in [5.41, 5.74) is 1.76. The van der Waals surface area contributed by atoms with Crippen molar-refractivity contribution in [2.24, 2.45) is 5.92 Å². The van der Waals surface area contributed by atoms with Crippen molar-refractivity contribution < 1.29 is 14.7 Å². The largest absolute Gasteiger partial charge is 0.480 e. The van der Waals surface area contributed by atoms with Gasteiger partial charge in [-0.05, 0) is 24.5 Å². The van der Waals surface area contributed by atoms with Crippen LogP contribution in [0.15, 0.2) is 18.3 Å². The molecule has 0 aliphatic rings. The van der Waals surface area contributed by atoms with Crippen molar-refractivity contribution in [3.8, 4) is 0 Å². The maximum absolute atomic E-state index is 11.6. The number of carbonyl (C=O) groups is 2. The number of aliphatic carboxylic acids is 1. The summed E-state index contributed by atoms with van der Waals surface area (Å²) in [6.07, 6.45) is 1.67. The second kappa shape index (κ2) is 6.72. The highest BCUT2D eigenvalue weighted by Gasteiger charge is 2.23. The van der Waals surface area contributed by atoms with Crippen molar-refractivity contribution in [3.05, 3.63) is 29.6 Å². The average Bonchev–Trinajstić information content (AvgIpc) is 2.34. The molecule has 1 heterocycles. The maximum atomic E-state index is 11.6. The molecule has 3 N–H and O–H groups in total. The fourth-order valence-corrected chi connectivity index (χ4v) is 1.49. The van der Waals surface area contributed by atoms with Crippen LogP contribution in [0.1, 0.15) is 25.1 Å². The fraction of sp³-hybridized carbons (Fsp3) is 0.462. The van der Waals surface area contributed by atoms with E-state index in [-0.39, 0.29) is 5.92 Å². The molecule has 0 aliphatic heterocycles. The van der Waals surface area contributed by atoms with E-state index in [1.54, 1.807) is 20.0 Å². The molecule has 0 aliphatic carbocycles. The van der Waals surface area contributed by atoms with Crippen molar-refractivity contribution >= 4 is 12.0 Å². The Kier molecular flexibility index (Phi) is 5.29. The van der Waals surface area contributed by atoms with Gasteiger partial charge in [0, 0.05) is 18.4 Å². The third kappa shape index (κ3) is 4.95. The van der Waals surface area contributed by atoms with Gasteiger partial charge < -0.3 is 15.7 Å². The number of pyridine rings is 1. The van der Waals surface area contributed by atoms with Crippen molar-refractivity contribution in [2.75, 3.05) is 0 Å². The predicted octanol–water partition coefficient (Wildman–Crippen LogP) is 1.30. The number of nitrogens with one attached hydrogen (secondary N) is 2. The summed E-state index contributed by atoms with van der Waals surface area (Å²) in [7, 11) is 0. The zero-order valence-corrected chi connectivity index (χ0v) is 11.3. The number of carbonyl (C=O) groups excluding carboxylic acids is 1. The summed E-state index contributed by atoms with van der Waals surface area (Å²) < 4.78 is 0. The van der Waals surface area contributed by atoms with Crippen LogP contribution in [-0.4, -0.2) is 28.1 Å². The monoisotopic (exact) mass is 265 g/mol. The number of nitrogens with zero attached hydrogens (tertiary/aromatic N) is 1. The Bertz CT molecular complexity index is 443. The third-order valence-electron chi connectivity index (χ3n) is 2.65. The van der Waals surface area contributed by atoms with E-state index in [0.29, 0.717) is 6.54 Å². The first kappa shape index (κ1) is 14.9. The van der Waals surface area contributed by atoms with Crippen LogP contribution in [0.2, 0.25) is 0 Å². The molecule has 1 aromatic rings. The number of aryl methyl sites for hydroxylation is 1. The molecular weight excluding hydrogens is 246 g/mol. The Morgan fingerprint density at radius 3 is 2.53 bits per heavy atom. The van der Waals surface area contributed by atoms with Gasteiger partial charge in [-0.1, -0.05) is 19.9 Å². The number of amides is 2. The molecule has 0 unspecified atom stereocenters. The molecule has 6 nitrogen and oxygen atoms in total. The van der Waals surface area contributed by atoms with Crippen LogP contribution in [0.25, 0.3) is 0 Å². The van der Waals surface area contributed by atoms with Gasteiger partial charge in [-0.25, -0.2) is 9.59 Å². The van der Waals surface area contributed by atoms with Crippen molar-refractivity contribution in [1.29, 1.82) is 0 Å². The van der Waals surface area contributed by atoms with E-state index < -0.39 is 18.0 Å². The molecule has 0 saturated heterocycles. The Morgan fingerprint density at radius 2 is 2.05 bits per heavy atom. The van der Waals surface area contributed by atoms with Gasteiger partial charge in [0.25, 0.3) is 0 Å². The Balaban J connectivity index is 2.47. The van der Waals surface area contributed by atoms with Crippen LogP contribution in [-0.2, 0) is 11.3 Å². The van der Waals surface area contributed by atoms with Crippen LogP contribution in [0.3, 0.4) is 0 Å².